The van der Waals surface area contributed by atoms with E-state index in [0.29, 0.717) is 45.4 Å². The van der Waals surface area contributed by atoms with E-state index in [1.807, 2.05) is 26.0 Å². The van der Waals surface area contributed by atoms with Crippen molar-refractivity contribution in [2.45, 2.75) is 26.8 Å². The first kappa shape index (κ1) is 32.0. The van der Waals surface area contributed by atoms with Gasteiger partial charge >= 0.3 is 11.9 Å². The van der Waals surface area contributed by atoms with Crippen molar-refractivity contribution in [3.63, 3.8) is 0 Å². The summed E-state index contributed by atoms with van der Waals surface area (Å²) in [5.41, 5.74) is 1.32. The fraction of sp³-hybridized carbons (Fsp3) is 0.310. The van der Waals surface area contributed by atoms with Gasteiger partial charge in [0.2, 0.25) is 0 Å². The van der Waals surface area contributed by atoms with Gasteiger partial charge in [-0.25, -0.2) is 14.6 Å². The number of rotatable bonds is 11. The molecule has 0 N–H and O–H groups in total. The number of halogens is 2. The summed E-state index contributed by atoms with van der Waals surface area (Å²) in [6, 6.07) is 8.28. The number of hydrogen-bond acceptors (Lipinski definition) is 10. The van der Waals surface area contributed by atoms with E-state index in [4.69, 9.17) is 23.7 Å². The molecule has 0 aliphatic carbocycles. The number of ether oxygens (including phenoxy) is 5. The lowest BCUT2D eigenvalue weighted by Gasteiger charge is -2.23. The lowest BCUT2D eigenvalue weighted by molar-refractivity contribution is -0.145. The maximum absolute atomic E-state index is 13.9. The molecule has 1 aromatic heterocycles. The van der Waals surface area contributed by atoms with E-state index < -0.39 is 18.0 Å². The van der Waals surface area contributed by atoms with Crippen molar-refractivity contribution in [2.24, 2.45) is 4.99 Å². The highest BCUT2D eigenvalue weighted by atomic mass is 127. The third-order valence-electron chi connectivity index (χ3n) is 5.97. The standard InChI is InChI=1S/C29H28I2N2O8S/c1-5-38-21-9-8-17(13-22(21)39-6-2)25-18(28(36)37-4)14-32-29-33(25)27(35)23(42-29)12-16-10-19(30)26(20(31)11-16)41-15-24(34)40-7-3/h8-14,25H,5-7,15H2,1-4H3/b23-12-/t25-/m1/s1. The van der Waals surface area contributed by atoms with Gasteiger partial charge in [-0.3, -0.25) is 9.36 Å². The van der Waals surface area contributed by atoms with Crippen molar-refractivity contribution in [1.82, 2.24) is 4.57 Å². The van der Waals surface area contributed by atoms with Crippen molar-refractivity contribution in [1.29, 1.82) is 0 Å². The van der Waals surface area contributed by atoms with Gasteiger partial charge in [-0.15, -0.1) is 0 Å². The van der Waals surface area contributed by atoms with Crippen LogP contribution < -0.4 is 29.1 Å². The summed E-state index contributed by atoms with van der Waals surface area (Å²) < 4.78 is 30.6. The Balaban J connectivity index is 1.79. The van der Waals surface area contributed by atoms with E-state index in [1.165, 1.54) is 29.2 Å². The number of esters is 2. The van der Waals surface area contributed by atoms with Gasteiger partial charge in [-0.05, 0) is 107 Å². The minimum Gasteiger partial charge on any atom is -0.490 e. The van der Waals surface area contributed by atoms with Crippen LogP contribution in [0.25, 0.3) is 6.08 Å². The third kappa shape index (κ3) is 6.99. The first-order valence-corrected chi connectivity index (χ1v) is 16.0. The van der Waals surface area contributed by atoms with Gasteiger partial charge in [0.15, 0.2) is 22.9 Å². The quantitative estimate of drug-likeness (QED) is 0.211. The number of carbonyl (C=O) groups excluding carboxylic acids is 2. The lowest BCUT2D eigenvalue weighted by atomic mass is 9.97. The lowest BCUT2D eigenvalue weighted by Crippen LogP contribution is -2.39. The van der Waals surface area contributed by atoms with Gasteiger partial charge in [0.1, 0.15) is 5.75 Å². The van der Waals surface area contributed by atoms with Crippen LogP contribution in [0.5, 0.6) is 17.2 Å². The van der Waals surface area contributed by atoms with Crippen LogP contribution in [0.4, 0.5) is 0 Å². The molecule has 0 saturated heterocycles. The Bertz CT molecular complexity index is 1690. The van der Waals surface area contributed by atoms with Crippen molar-refractivity contribution in [3.05, 3.63) is 80.1 Å². The summed E-state index contributed by atoms with van der Waals surface area (Å²) in [4.78, 5) is 43.3. The smallest absolute Gasteiger partial charge is 0.344 e. The van der Waals surface area contributed by atoms with Crippen molar-refractivity contribution in [2.75, 3.05) is 33.5 Å². The maximum Gasteiger partial charge on any atom is 0.344 e. The summed E-state index contributed by atoms with van der Waals surface area (Å²) in [6.07, 6.45) is 3.22. The minimum atomic E-state index is -0.787. The largest absolute Gasteiger partial charge is 0.490 e. The molecule has 0 unspecified atom stereocenters. The molecule has 1 atom stereocenters. The normalized spacial score (nSPS) is 14.4. The molecule has 0 fully saturated rings. The van der Waals surface area contributed by atoms with Crippen molar-refractivity contribution in [3.8, 4) is 17.2 Å². The Morgan fingerprint density at radius 1 is 1.00 bits per heavy atom. The Hall–Kier alpha value is -2.92. The summed E-state index contributed by atoms with van der Waals surface area (Å²) in [5, 5.41) is 0. The topological polar surface area (TPSA) is 115 Å². The highest BCUT2D eigenvalue weighted by molar-refractivity contribution is 14.1. The predicted octanol–water partition coefficient (Wildman–Crippen LogP) is 3.97. The molecule has 2 heterocycles. The molecular formula is C29H28I2N2O8S. The molecule has 1 aliphatic heterocycles. The molecule has 0 radical (unpaired) electrons. The Morgan fingerprint density at radius 3 is 2.33 bits per heavy atom. The molecule has 0 bridgehead atoms. The highest BCUT2D eigenvalue weighted by Gasteiger charge is 2.31. The van der Waals surface area contributed by atoms with Crippen molar-refractivity contribution < 1.29 is 33.3 Å². The number of nitrogens with zero attached hydrogens (tertiary/aromatic N) is 2. The zero-order valence-corrected chi connectivity index (χ0v) is 28.4. The predicted molar refractivity (Wildman–Crippen MR) is 174 cm³/mol. The highest BCUT2D eigenvalue weighted by Crippen LogP contribution is 2.35. The molecule has 0 amide bonds. The number of methoxy groups -OCH3 is 1. The van der Waals surface area contributed by atoms with Gasteiger partial charge in [-0.1, -0.05) is 17.4 Å². The van der Waals surface area contributed by atoms with Crippen molar-refractivity contribution >= 4 is 74.5 Å². The molecular weight excluding hydrogens is 790 g/mol. The molecule has 222 valence electrons. The molecule has 2 aromatic carbocycles. The van der Waals surface area contributed by atoms with E-state index in [1.54, 1.807) is 31.2 Å². The third-order valence-corrected chi connectivity index (χ3v) is 8.57. The van der Waals surface area contributed by atoms with E-state index in [0.717, 1.165) is 12.7 Å². The van der Waals surface area contributed by atoms with Crippen LogP contribution in [0.1, 0.15) is 37.9 Å². The number of aromatic nitrogens is 1. The molecule has 4 rings (SSSR count). The Labute approximate surface area is 273 Å². The van der Waals surface area contributed by atoms with Crippen LogP contribution in [0.3, 0.4) is 0 Å². The Morgan fingerprint density at radius 2 is 1.69 bits per heavy atom. The molecule has 10 nitrogen and oxygen atoms in total. The number of hydrogen-bond donors (Lipinski definition) is 0. The van der Waals surface area contributed by atoms with Gasteiger partial charge in [-0.2, -0.15) is 0 Å². The van der Waals surface area contributed by atoms with Gasteiger partial charge < -0.3 is 23.7 Å². The first-order valence-electron chi connectivity index (χ1n) is 13.0. The second kappa shape index (κ2) is 14.5. The van der Waals surface area contributed by atoms with Gasteiger partial charge in [0.05, 0.1) is 50.2 Å². The summed E-state index contributed by atoms with van der Waals surface area (Å²) in [7, 11) is 1.29. The number of carbonyl (C=O) groups is 2. The summed E-state index contributed by atoms with van der Waals surface area (Å²) in [6.45, 7) is 6.43. The van der Waals surface area contributed by atoms with Crippen LogP contribution in [-0.4, -0.2) is 50.0 Å². The van der Waals surface area contributed by atoms with Gasteiger partial charge in [0.25, 0.3) is 5.56 Å². The average molecular weight is 818 g/mol. The molecule has 0 saturated carbocycles. The average Bonchev–Trinajstić information content (AvgIpc) is 3.27. The van der Waals surface area contributed by atoms with Gasteiger partial charge in [0, 0.05) is 6.20 Å². The molecule has 1 aliphatic rings. The van der Waals surface area contributed by atoms with Crippen LogP contribution in [0.15, 0.2) is 51.9 Å². The van der Waals surface area contributed by atoms with Crippen LogP contribution in [0, 0.1) is 7.14 Å². The number of thiazole rings is 1. The summed E-state index contributed by atoms with van der Waals surface area (Å²) in [5.74, 6) is 0.599. The zero-order chi connectivity index (χ0) is 30.4. The van der Waals surface area contributed by atoms with E-state index in [2.05, 4.69) is 50.2 Å². The van der Waals surface area contributed by atoms with E-state index in [9.17, 15) is 14.4 Å². The SMILES string of the molecule is CCOC(=O)COc1c(I)cc(/C=c2\sc3n(c2=O)[C@H](c2ccc(OCC)c(OCC)c2)C(C(=O)OC)=CN=3)cc1I. The fourth-order valence-electron chi connectivity index (χ4n) is 4.27. The minimum absolute atomic E-state index is 0.198. The first-order chi connectivity index (χ1) is 20.2. The van der Waals surface area contributed by atoms with Crippen LogP contribution in [-0.2, 0) is 19.1 Å². The number of benzene rings is 2. The second-order valence-electron chi connectivity index (χ2n) is 8.66. The number of fused-ring (bicyclic) bond motifs is 1. The monoisotopic (exact) mass is 818 g/mol. The zero-order valence-electron chi connectivity index (χ0n) is 23.3. The van der Waals surface area contributed by atoms with Crippen LogP contribution >= 0.6 is 56.5 Å². The van der Waals surface area contributed by atoms with E-state index >= 15 is 0 Å². The second-order valence-corrected chi connectivity index (χ2v) is 12.0. The maximum atomic E-state index is 13.9. The Kier molecular flexibility index (Phi) is 11.1. The summed E-state index contributed by atoms with van der Waals surface area (Å²) >= 11 is 5.47. The molecule has 13 heteroatoms. The molecule has 42 heavy (non-hydrogen) atoms. The molecule has 0 spiro atoms. The van der Waals surface area contributed by atoms with E-state index in [-0.39, 0.29) is 24.3 Å². The van der Waals surface area contributed by atoms with Crippen LogP contribution in [0.2, 0.25) is 0 Å². The fourth-order valence-corrected chi connectivity index (χ4v) is 7.37. The molecule has 3 aromatic rings.